The Morgan fingerprint density at radius 2 is 2.19 bits per heavy atom. The molecule has 5 nitrogen and oxygen atoms in total. The van der Waals surface area contributed by atoms with Gasteiger partial charge in [-0.15, -0.1) is 11.3 Å². The molecule has 0 unspecified atom stereocenters. The molecule has 2 rings (SSSR count). The van der Waals surface area contributed by atoms with Gasteiger partial charge in [0.2, 0.25) is 5.95 Å². The van der Waals surface area contributed by atoms with Gasteiger partial charge in [-0.3, -0.25) is 0 Å². The lowest BCUT2D eigenvalue weighted by Gasteiger charge is -2.22. The molecule has 0 aliphatic carbocycles. The Labute approximate surface area is 129 Å². The number of nitrogens with one attached hydrogen (secondary N) is 1. The summed E-state index contributed by atoms with van der Waals surface area (Å²) in [4.78, 5) is 13.7. The highest BCUT2D eigenvalue weighted by Crippen LogP contribution is 2.31. The molecule has 0 amide bonds. The van der Waals surface area contributed by atoms with Crippen molar-refractivity contribution in [3.8, 4) is 6.07 Å². The van der Waals surface area contributed by atoms with Crippen LogP contribution in [0.3, 0.4) is 0 Å². The van der Waals surface area contributed by atoms with E-state index in [1.54, 1.807) is 11.3 Å². The molecule has 2 aromatic heterocycles. The molecular formula is C15H21N5S. The van der Waals surface area contributed by atoms with Crippen LogP contribution in [0.15, 0.2) is 6.07 Å². The smallest absolute Gasteiger partial charge is 0.226 e. The summed E-state index contributed by atoms with van der Waals surface area (Å²) in [6.07, 6.45) is 1.53. The third-order valence-electron chi connectivity index (χ3n) is 3.20. The Kier molecular flexibility index (Phi) is 5.34. The summed E-state index contributed by atoms with van der Waals surface area (Å²) in [7, 11) is 0. The molecule has 1 N–H and O–H groups in total. The Morgan fingerprint density at radius 3 is 2.86 bits per heavy atom. The van der Waals surface area contributed by atoms with Gasteiger partial charge in [0.15, 0.2) is 0 Å². The molecule has 0 fully saturated rings. The molecule has 6 heteroatoms. The third-order valence-corrected chi connectivity index (χ3v) is 4.15. The Bertz CT molecular complexity index is 643. The van der Waals surface area contributed by atoms with Crippen LogP contribution < -0.4 is 10.2 Å². The van der Waals surface area contributed by atoms with Gasteiger partial charge in [-0.2, -0.15) is 10.2 Å². The number of fused-ring (bicyclic) bond motifs is 1. The molecule has 0 bridgehead atoms. The van der Waals surface area contributed by atoms with Crippen LogP contribution in [0.2, 0.25) is 0 Å². The number of anilines is 2. The highest BCUT2D eigenvalue weighted by atomic mass is 32.1. The van der Waals surface area contributed by atoms with Crippen LogP contribution in [0.5, 0.6) is 0 Å². The van der Waals surface area contributed by atoms with Crippen molar-refractivity contribution in [2.45, 2.75) is 33.6 Å². The van der Waals surface area contributed by atoms with Crippen molar-refractivity contribution in [2.24, 2.45) is 0 Å². The summed E-state index contributed by atoms with van der Waals surface area (Å²) >= 11 is 1.68. The zero-order chi connectivity index (χ0) is 15.2. The van der Waals surface area contributed by atoms with Crippen molar-refractivity contribution in [1.82, 2.24) is 9.97 Å². The molecule has 2 aromatic rings. The van der Waals surface area contributed by atoms with Crippen LogP contribution in [-0.2, 0) is 0 Å². The summed E-state index contributed by atoms with van der Waals surface area (Å²) in [6, 6.07) is 4.34. The molecule has 0 saturated heterocycles. The van der Waals surface area contributed by atoms with E-state index in [-0.39, 0.29) is 0 Å². The zero-order valence-corrected chi connectivity index (χ0v) is 13.6. The van der Waals surface area contributed by atoms with Gasteiger partial charge in [0, 0.05) is 24.5 Å². The number of nitrogens with zero attached hydrogens (tertiary/aromatic N) is 4. The van der Waals surface area contributed by atoms with Crippen molar-refractivity contribution in [3.63, 3.8) is 0 Å². The van der Waals surface area contributed by atoms with Crippen LogP contribution >= 0.6 is 11.3 Å². The SMILES string of the molecule is CCCNc1nc(N(CC)CCC#N)c2cc(C)sc2n1. The monoisotopic (exact) mass is 303 g/mol. The fourth-order valence-corrected chi connectivity index (χ4v) is 3.06. The van der Waals surface area contributed by atoms with Gasteiger partial charge in [-0.25, -0.2) is 4.98 Å². The fraction of sp³-hybridized carbons (Fsp3) is 0.533. The maximum Gasteiger partial charge on any atom is 0.226 e. The molecule has 0 saturated carbocycles. The predicted octanol–water partition coefficient (Wildman–Crippen LogP) is 3.56. The van der Waals surface area contributed by atoms with E-state index in [4.69, 9.17) is 5.26 Å². The van der Waals surface area contributed by atoms with Crippen LogP contribution in [-0.4, -0.2) is 29.6 Å². The van der Waals surface area contributed by atoms with Gasteiger partial charge < -0.3 is 10.2 Å². The van der Waals surface area contributed by atoms with Gasteiger partial charge in [-0.05, 0) is 26.3 Å². The summed E-state index contributed by atoms with van der Waals surface area (Å²) in [6.45, 7) is 8.67. The number of rotatable bonds is 7. The number of hydrogen-bond acceptors (Lipinski definition) is 6. The van der Waals surface area contributed by atoms with Gasteiger partial charge in [0.1, 0.15) is 10.6 Å². The maximum absolute atomic E-state index is 8.83. The first-order valence-electron chi connectivity index (χ1n) is 7.33. The summed E-state index contributed by atoms with van der Waals surface area (Å²) in [5.41, 5.74) is 0. The standard InChI is InChI=1S/C15H21N5S/c1-4-8-17-15-18-13(20(5-2)9-6-7-16)12-10-11(3)21-14(12)19-15/h10H,4-6,8-9H2,1-3H3,(H,17,18,19). The van der Waals surface area contributed by atoms with E-state index in [0.717, 1.165) is 35.5 Å². The lowest BCUT2D eigenvalue weighted by atomic mass is 10.3. The molecule has 0 aromatic carbocycles. The molecule has 0 spiro atoms. The lowest BCUT2D eigenvalue weighted by Crippen LogP contribution is -2.25. The minimum absolute atomic E-state index is 0.500. The first-order chi connectivity index (χ1) is 10.2. The highest BCUT2D eigenvalue weighted by molar-refractivity contribution is 7.18. The zero-order valence-electron chi connectivity index (χ0n) is 12.8. The third kappa shape index (κ3) is 3.61. The fourth-order valence-electron chi connectivity index (χ4n) is 2.18. The molecule has 0 atom stereocenters. The molecule has 0 aliphatic heterocycles. The van der Waals surface area contributed by atoms with E-state index in [1.807, 2.05) is 0 Å². The van der Waals surface area contributed by atoms with E-state index in [1.165, 1.54) is 4.88 Å². The van der Waals surface area contributed by atoms with E-state index < -0.39 is 0 Å². The van der Waals surface area contributed by atoms with Crippen molar-refractivity contribution in [3.05, 3.63) is 10.9 Å². The van der Waals surface area contributed by atoms with Crippen molar-refractivity contribution >= 4 is 33.3 Å². The topological polar surface area (TPSA) is 64.8 Å². The van der Waals surface area contributed by atoms with E-state index in [9.17, 15) is 0 Å². The van der Waals surface area contributed by atoms with Gasteiger partial charge in [0.25, 0.3) is 0 Å². The van der Waals surface area contributed by atoms with E-state index in [0.29, 0.717) is 18.9 Å². The van der Waals surface area contributed by atoms with Gasteiger partial charge in [0.05, 0.1) is 17.9 Å². The molecule has 112 valence electrons. The van der Waals surface area contributed by atoms with Crippen molar-refractivity contribution in [1.29, 1.82) is 5.26 Å². The average Bonchev–Trinajstić information content (AvgIpc) is 2.86. The second kappa shape index (κ2) is 7.23. The largest absolute Gasteiger partial charge is 0.355 e. The van der Waals surface area contributed by atoms with Crippen LogP contribution in [0.4, 0.5) is 11.8 Å². The first kappa shape index (κ1) is 15.5. The molecular weight excluding hydrogens is 282 g/mol. The molecule has 0 aliphatic rings. The van der Waals surface area contributed by atoms with Crippen LogP contribution in [0.1, 0.15) is 31.6 Å². The Balaban J connectivity index is 2.44. The quantitative estimate of drug-likeness (QED) is 0.847. The molecule has 0 radical (unpaired) electrons. The predicted molar refractivity (Wildman–Crippen MR) is 89.0 cm³/mol. The second-order valence-electron chi connectivity index (χ2n) is 4.86. The number of aryl methyl sites for hydroxylation is 1. The number of nitriles is 1. The lowest BCUT2D eigenvalue weighted by molar-refractivity contribution is 0.813. The number of hydrogen-bond donors (Lipinski definition) is 1. The summed E-state index contributed by atoms with van der Waals surface area (Å²) < 4.78 is 0. The van der Waals surface area contributed by atoms with Gasteiger partial charge >= 0.3 is 0 Å². The minimum Gasteiger partial charge on any atom is -0.355 e. The van der Waals surface area contributed by atoms with E-state index in [2.05, 4.69) is 53.1 Å². The maximum atomic E-state index is 8.83. The molecule has 2 heterocycles. The Hall–Kier alpha value is -1.87. The Morgan fingerprint density at radius 1 is 1.38 bits per heavy atom. The van der Waals surface area contributed by atoms with Crippen LogP contribution in [0, 0.1) is 18.3 Å². The van der Waals surface area contributed by atoms with E-state index >= 15 is 0 Å². The summed E-state index contributed by atoms with van der Waals surface area (Å²) in [5, 5.41) is 13.2. The second-order valence-corrected chi connectivity index (χ2v) is 6.10. The highest BCUT2D eigenvalue weighted by Gasteiger charge is 2.15. The summed E-state index contributed by atoms with van der Waals surface area (Å²) in [5.74, 6) is 1.61. The normalized spacial score (nSPS) is 10.6. The van der Waals surface area contributed by atoms with Crippen LogP contribution in [0.25, 0.3) is 10.2 Å². The number of thiophene rings is 1. The molecule has 21 heavy (non-hydrogen) atoms. The van der Waals surface area contributed by atoms with Crippen molar-refractivity contribution < 1.29 is 0 Å². The van der Waals surface area contributed by atoms with Gasteiger partial charge in [-0.1, -0.05) is 6.92 Å². The first-order valence-corrected chi connectivity index (χ1v) is 8.15. The van der Waals surface area contributed by atoms with Crippen molar-refractivity contribution in [2.75, 3.05) is 29.9 Å². The minimum atomic E-state index is 0.500. The average molecular weight is 303 g/mol. The number of aromatic nitrogens is 2.